The van der Waals surface area contributed by atoms with Crippen LogP contribution in [0.1, 0.15) is 34.6 Å². The molecule has 0 spiro atoms. The van der Waals surface area contributed by atoms with Gasteiger partial charge in [0.2, 0.25) is 0 Å². The zero-order valence-electron chi connectivity index (χ0n) is 19.2. The first-order chi connectivity index (χ1) is 15.4. The van der Waals surface area contributed by atoms with Crippen molar-refractivity contribution in [3.05, 3.63) is 54.2 Å². The van der Waals surface area contributed by atoms with E-state index in [2.05, 4.69) is 5.32 Å². The van der Waals surface area contributed by atoms with Gasteiger partial charge in [0.15, 0.2) is 5.57 Å². The van der Waals surface area contributed by atoms with Crippen molar-refractivity contribution in [2.75, 3.05) is 5.32 Å². The number of hydrogen-bond acceptors (Lipinski definition) is 7. The molecule has 0 saturated carbocycles. The standard InChI is InChI=1S/C25H26N2O6/c1-24(2,3)31-21(28)14-27-19-9-7-6-8-16(19)17-12-15(10-11-20(17)27)26-13-18-22(29)32-25(4,5)33-23(18)30/h6-13,26H,14H2,1-5H3. The second kappa shape index (κ2) is 7.95. The Morgan fingerprint density at radius 2 is 1.67 bits per heavy atom. The molecule has 33 heavy (non-hydrogen) atoms. The number of carbonyl (C=O) groups excluding carboxylic acids is 3. The zero-order chi connectivity index (χ0) is 24.0. The summed E-state index contributed by atoms with van der Waals surface area (Å²) in [6.07, 6.45) is 1.28. The summed E-state index contributed by atoms with van der Waals surface area (Å²) in [5.74, 6) is -3.12. The van der Waals surface area contributed by atoms with Crippen molar-refractivity contribution in [2.45, 2.75) is 52.6 Å². The van der Waals surface area contributed by atoms with Crippen LogP contribution in [0.25, 0.3) is 21.8 Å². The van der Waals surface area contributed by atoms with Crippen LogP contribution >= 0.6 is 0 Å². The Labute approximate surface area is 191 Å². The first-order valence-electron chi connectivity index (χ1n) is 10.6. The van der Waals surface area contributed by atoms with Crippen molar-refractivity contribution in [1.29, 1.82) is 0 Å². The minimum atomic E-state index is -1.29. The fourth-order valence-electron chi connectivity index (χ4n) is 3.75. The molecule has 0 radical (unpaired) electrons. The van der Waals surface area contributed by atoms with Gasteiger partial charge < -0.3 is 24.1 Å². The van der Waals surface area contributed by atoms with E-state index < -0.39 is 23.3 Å². The molecule has 1 aliphatic heterocycles. The summed E-state index contributed by atoms with van der Waals surface area (Å²) < 4.78 is 17.6. The molecule has 0 amide bonds. The summed E-state index contributed by atoms with van der Waals surface area (Å²) in [6.45, 7) is 8.57. The number of fused-ring (bicyclic) bond motifs is 3. The number of ether oxygens (including phenoxy) is 3. The van der Waals surface area contributed by atoms with Gasteiger partial charge in [-0.3, -0.25) is 4.79 Å². The van der Waals surface area contributed by atoms with E-state index in [9.17, 15) is 14.4 Å². The lowest BCUT2D eigenvalue weighted by atomic mass is 10.1. The molecule has 1 fully saturated rings. The highest BCUT2D eigenvalue weighted by atomic mass is 16.7. The van der Waals surface area contributed by atoms with E-state index in [0.29, 0.717) is 5.69 Å². The Morgan fingerprint density at radius 1 is 1.03 bits per heavy atom. The van der Waals surface area contributed by atoms with Crippen molar-refractivity contribution >= 4 is 45.4 Å². The lowest BCUT2D eigenvalue weighted by molar-refractivity contribution is -0.222. The van der Waals surface area contributed by atoms with Gasteiger partial charge in [-0.1, -0.05) is 18.2 Å². The van der Waals surface area contributed by atoms with Crippen molar-refractivity contribution in [3.8, 4) is 0 Å². The molecule has 2 heterocycles. The number of nitrogens with zero attached hydrogens (tertiary/aromatic N) is 1. The summed E-state index contributed by atoms with van der Waals surface area (Å²) in [5, 5.41) is 4.85. The first kappa shape index (κ1) is 22.4. The monoisotopic (exact) mass is 450 g/mol. The van der Waals surface area contributed by atoms with Crippen molar-refractivity contribution in [2.24, 2.45) is 0 Å². The molecule has 2 aromatic carbocycles. The molecule has 8 nitrogen and oxygen atoms in total. The van der Waals surface area contributed by atoms with Gasteiger partial charge in [-0.25, -0.2) is 9.59 Å². The molecule has 0 atom stereocenters. The van der Waals surface area contributed by atoms with Crippen LogP contribution in [0, 0.1) is 0 Å². The number of para-hydroxylation sites is 1. The van der Waals surface area contributed by atoms with Gasteiger partial charge in [-0.05, 0) is 45.0 Å². The van der Waals surface area contributed by atoms with E-state index in [1.807, 2.05) is 61.7 Å². The van der Waals surface area contributed by atoms with Gasteiger partial charge in [0, 0.05) is 47.5 Å². The zero-order valence-corrected chi connectivity index (χ0v) is 19.2. The van der Waals surface area contributed by atoms with E-state index >= 15 is 0 Å². The number of nitrogens with one attached hydrogen (secondary N) is 1. The van der Waals surface area contributed by atoms with E-state index in [0.717, 1.165) is 21.8 Å². The van der Waals surface area contributed by atoms with Gasteiger partial charge in [0.05, 0.1) is 0 Å². The normalized spacial score (nSPS) is 15.8. The van der Waals surface area contributed by atoms with E-state index in [1.165, 1.54) is 20.0 Å². The third kappa shape index (κ3) is 4.69. The first-order valence-corrected chi connectivity index (χ1v) is 10.6. The van der Waals surface area contributed by atoms with E-state index in [-0.39, 0.29) is 18.1 Å². The van der Waals surface area contributed by atoms with E-state index in [1.54, 1.807) is 6.07 Å². The highest BCUT2D eigenvalue weighted by Gasteiger charge is 2.39. The van der Waals surface area contributed by atoms with Gasteiger partial charge in [0.25, 0.3) is 5.79 Å². The number of cyclic esters (lactones) is 2. The molecule has 1 aliphatic rings. The van der Waals surface area contributed by atoms with Crippen LogP contribution in [-0.2, 0) is 35.1 Å². The SMILES string of the molecule is CC(C)(C)OC(=O)Cn1c2ccccc2c2cc(NC=C3C(=O)OC(C)(C)OC3=O)ccc21. The Balaban J connectivity index is 1.67. The van der Waals surface area contributed by atoms with Crippen molar-refractivity contribution in [3.63, 3.8) is 0 Å². The van der Waals surface area contributed by atoms with E-state index in [4.69, 9.17) is 14.2 Å². The maximum absolute atomic E-state index is 12.5. The van der Waals surface area contributed by atoms with Crippen LogP contribution < -0.4 is 5.32 Å². The smallest absolute Gasteiger partial charge is 0.350 e. The lowest BCUT2D eigenvalue weighted by Gasteiger charge is -2.29. The van der Waals surface area contributed by atoms with Crippen LogP contribution in [0.15, 0.2) is 54.2 Å². The molecule has 1 aromatic heterocycles. The van der Waals surface area contributed by atoms with Crippen LogP contribution in [0.5, 0.6) is 0 Å². The molecule has 8 heteroatoms. The Hall–Kier alpha value is -3.81. The topological polar surface area (TPSA) is 95.9 Å². The van der Waals surface area contributed by atoms with Gasteiger partial charge >= 0.3 is 17.9 Å². The number of anilines is 1. The fraction of sp³-hybridized carbons (Fsp3) is 0.320. The average Bonchev–Trinajstić information content (AvgIpc) is 2.98. The van der Waals surface area contributed by atoms with Crippen LogP contribution in [0.4, 0.5) is 5.69 Å². The molecular weight excluding hydrogens is 424 g/mol. The third-order valence-electron chi connectivity index (χ3n) is 4.98. The summed E-state index contributed by atoms with van der Waals surface area (Å²) in [7, 11) is 0. The number of hydrogen-bond donors (Lipinski definition) is 1. The minimum Gasteiger partial charge on any atom is -0.459 e. The summed E-state index contributed by atoms with van der Waals surface area (Å²) >= 11 is 0. The van der Waals surface area contributed by atoms with Crippen LogP contribution in [0.2, 0.25) is 0 Å². The molecule has 4 rings (SSSR count). The summed E-state index contributed by atoms with van der Waals surface area (Å²) in [5.41, 5.74) is 1.62. The average molecular weight is 450 g/mol. The highest BCUT2D eigenvalue weighted by molar-refractivity contribution is 6.15. The predicted molar refractivity (Wildman–Crippen MR) is 123 cm³/mol. The quantitative estimate of drug-likeness (QED) is 0.360. The second-order valence-electron chi connectivity index (χ2n) is 9.30. The highest BCUT2D eigenvalue weighted by Crippen LogP contribution is 2.31. The maximum atomic E-state index is 12.5. The predicted octanol–water partition coefficient (Wildman–Crippen LogP) is 4.27. The molecule has 1 saturated heterocycles. The fourth-order valence-corrected chi connectivity index (χ4v) is 3.75. The van der Waals surface area contributed by atoms with Gasteiger partial charge in [0.1, 0.15) is 12.1 Å². The molecule has 0 aliphatic carbocycles. The number of benzene rings is 2. The second-order valence-corrected chi connectivity index (χ2v) is 9.30. The van der Waals surface area contributed by atoms with Gasteiger partial charge in [-0.15, -0.1) is 0 Å². The van der Waals surface area contributed by atoms with Gasteiger partial charge in [-0.2, -0.15) is 0 Å². The Morgan fingerprint density at radius 3 is 2.33 bits per heavy atom. The molecular formula is C25H26N2O6. The van der Waals surface area contributed by atoms with Crippen molar-refractivity contribution < 1.29 is 28.6 Å². The van der Waals surface area contributed by atoms with Crippen LogP contribution in [0.3, 0.4) is 0 Å². The minimum absolute atomic E-state index is 0.0750. The number of aromatic nitrogens is 1. The molecule has 3 aromatic rings. The molecule has 0 unspecified atom stereocenters. The molecule has 1 N–H and O–H groups in total. The molecule has 172 valence electrons. The van der Waals surface area contributed by atoms with Crippen LogP contribution in [-0.4, -0.2) is 33.9 Å². The number of rotatable bonds is 4. The van der Waals surface area contributed by atoms with Crippen molar-refractivity contribution in [1.82, 2.24) is 4.57 Å². The largest absolute Gasteiger partial charge is 0.459 e. The summed E-state index contributed by atoms with van der Waals surface area (Å²) in [6, 6.07) is 13.3. The Kier molecular flexibility index (Phi) is 5.40. The Bertz CT molecular complexity index is 1290. The lowest BCUT2D eigenvalue weighted by Crippen LogP contribution is -2.42. The maximum Gasteiger partial charge on any atom is 0.350 e. The third-order valence-corrected chi connectivity index (χ3v) is 4.98. The number of esters is 3. The number of carbonyl (C=O) groups is 3. The summed E-state index contributed by atoms with van der Waals surface area (Å²) in [4.78, 5) is 36.8. The molecule has 0 bridgehead atoms.